The van der Waals surface area contributed by atoms with Gasteiger partial charge in [-0.05, 0) is 50.6 Å². The van der Waals surface area contributed by atoms with Crippen molar-refractivity contribution in [3.63, 3.8) is 0 Å². The Morgan fingerprint density at radius 3 is 2.86 bits per heavy atom. The highest BCUT2D eigenvalue weighted by Gasteiger charge is 2.29. The summed E-state index contributed by atoms with van der Waals surface area (Å²) in [7, 11) is 0. The number of aromatic nitrogens is 1. The van der Waals surface area contributed by atoms with Crippen LogP contribution in [0, 0.1) is 0 Å². The lowest BCUT2D eigenvalue weighted by atomic mass is 10.1. The number of hydrogen-bond donors (Lipinski definition) is 1. The van der Waals surface area contributed by atoms with E-state index in [2.05, 4.69) is 9.80 Å². The number of nitrogens with zero attached hydrogens (tertiary/aromatic N) is 3. The zero-order chi connectivity index (χ0) is 14.2. The minimum Gasteiger partial charge on any atom is -0.508 e. The second-order valence-corrected chi connectivity index (χ2v) is 7.14. The van der Waals surface area contributed by atoms with Crippen molar-refractivity contribution in [1.29, 1.82) is 0 Å². The van der Waals surface area contributed by atoms with Crippen LogP contribution in [0.3, 0.4) is 0 Å². The lowest BCUT2D eigenvalue weighted by Crippen LogP contribution is -2.40. The van der Waals surface area contributed by atoms with E-state index in [1.54, 1.807) is 17.4 Å². The van der Waals surface area contributed by atoms with Gasteiger partial charge in [0.15, 0.2) is 5.13 Å². The number of likely N-dealkylation sites (tertiary alicyclic amines) is 1. The molecule has 21 heavy (non-hydrogen) atoms. The number of piperidine rings is 1. The van der Waals surface area contributed by atoms with Gasteiger partial charge >= 0.3 is 0 Å². The fourth-order valence-electron chi connectivity index (χ4n) is 3.53. The lowest BCUT2D eigenvalue weighted by molar-refractivity contribution is 0.175. The van der Waals surface area contributed by atoms with E-state index in [9.17, 15) is 5.11 Å². The molecule has 2 fully saturated rings. The first-order chi connectivity index (χ1) is 10.3. The first-order valence-corrected chi connectivity index (χ1v) is 8.70. The summed E-state index contributed by atoms with van der Waals surface area (Å²) < 4.78 is 1.08. The second kappa shape index (κ2) is 5.46. The van der Waals surface area contributed by atoms with Crippen LogP contribution in [0.5, 0.6) is 5.75 Å². The fourth-order valence-corrected chi connectivity index (χ4v) is 4.57. The van der Waals surface area contributed by atoms with E-state index in [0.717, 1.165) is 28.4 Å². The third-order valence-corrected chi connectivity index (χ3v) is 5.78. The first-order valence-electron chi connectivity index (χ1n) is 7.88. The summed E-state index contributed by atoms with van der Waals surface area (Å²) in [6, 6.07) is 6.13. The molecule has 0 amide bonds. The number of hydrogen-bond acceptors (Lipinski definition) is 5. The smallest absolute Gasteiger partial charge is 0.186 e. The van der Waals surface area contributed by atoms with Gasteiger partial charge in [-0.3, -0.25) is 4.90 Å². The van der Waals surface area contributed by atoms with E-state index >= 15 is 0 Å². The van der Waals surface area contributed by atoms with Crippen molar-refractivity contribution >= 4 is 26.7 Å². The highest BCUT2D eigenvalue weighted by molar-refractivity contribution is 7.22. The largest absolute Gasteiger partial charge is 0.508 e. The number of fused-ring (bicyclic) bond motifs is 1. The van der Waals surface area contributed by atoms with Crippen LogP contribution in [-0.4, -0.2) is 47.2 Å². The van der Waals surface area contributed by atoms with E-state index in [4.69, 9.17) is 4.98 Å². The van der Waals surface area contributed by atoms with Crippen molar-refractivity contribution in [3.8, 4) is 5.75 Å². The second-order valence-electron chi connectivity index (χ2n) is 6.13. The molecular formula is C16H21N3OS. The maximum Gasteiger partial charge on any atom is 0.186 e. The Kier molecular flexibility index (Phi) is 3.47. The summed E-state index contributed by atoms with van der Waals surface area (Å²) in [6.45, 7) is 4.75. The molecule has 3 heterocycles. The van der Waals surface area contributed by atoms with Crippen LogP contribution in [-0.2, 0) is 0 Å². The van der Waals surface area contributed by atoms with Gasteiger partial charge in [-0.25, -0.2) is 4.98 Å². The Labute approximate surface area is 129 Å². The van der Waals surface area contributed by atoms with Crippen LogP contribution >= 0.6 is 11.3 Å². The Bertz CT molecular complexity index is 635. The summed E-state index contributed by atoms with van der Waals surface area (Å²) in [5.41, 5.74) is 0.995. The van der Waals surface area contributed by atoms with Gasteiger partial charge in [0.05, 0.1) is 10.2 Å². The first kappa shape index (κ1) is 13.3. The molecule has 0 radical (unpaired) electrons. The highest BCUT2D eigenvalue weighted by Crippen LogP contribution is 2.33. The molecule has 1 N–H and O–H groups in total. The number of benzene rings is 1. The summed E-state index contributed by atoms with van der Waals surface area (Å²) in [5.74, 6) is 0.324. The van der Waals surface area contributed by atoms with Gasteiger partial charge in [0, 0.05) is 19.1 Å². The number of thiazole rings is 1. The Hall–Kier alpha value is -1.33. The van der Waals surface area contributed by atoms with Crippen LogP contribution in [0.4, 0.5) is 5.13 Å². The van der Waals surface area contributed by atoms with E-state index in [-0.39, 0.29) is 0 Å². The van der Waals surface area contributed by atoms with Crippen molar-refractivity contribution in [3.05, 3.63) is 18.2 Å². The van der Waals surface area contributed by atoms with E-state index in [1.807, 2.05) is 12.1 Å². The number of aromatic hydroxyl groups is 1. The topological polar surface area (TPSA) is 39.6 Å². The molecule has 0 spiro atoms. The minimum atomic E-state index is 0.324. The average molecular weight is 303 g/mol. The fraction of sp³-hybridized carbons (Fsp3) is 0.562. The number of rotatable bonds is 2. The molecule has 4 nitrogen and oxygen atoms in total. The molecule has 112 valence electrons. The summed E-state index contributed by atoms with van der Waals surface area (Å²) >= 11 is 1.69. The van der Waals surface area contributed by atoms with Crippen molar-refractivity contribution in [2.45, 2.75) is 31.7 Å². The number of anilines is 1. The highest BCUT2D eigenvalue weighted by atomic mass is 32.1. The summed E-state index contributed by atoms with van der Waals surface area (Å²) in [5, 5.41) is 10.7. The molecule has 1 aromatic heterocycles. The normalized spacial score (nSPS) is 24.0. The molecule has 0 saturated carbocycles. The Balaban J connectivity index is 1.50. The monoisotopic (exact) mass is 303 g/mol. The molecule has 2 aliphatic heterocycles. The molecule has 1 aromatic carbocycles. The number of phenolic OH excluding ortho intramolecular Hbond substituents is 1. The summed E-state index contributed by atoms with van der Waals surface area (Å²) in [4.78, 5) is 9.82. The number of phenols is 1. The van der Waals surface area contributed by atoms with E-state index in [1.165, 1.54) is 38.8 Å². The molecule has 1 atom stereocenters. The van der Waals surface area contributed by atoms with Crippen LogP contribution in [0.25, 0.3) is 10.2 Å². The quantitative estimate of drug-likeness (QED) is 0.925. The molecule has 2 aliphatic rings. The van der Waals surface area contributed by atoms with Crippen LogP contribution < -0.4 is 4.90 Å². The molecule has 0 aliphatic carbocycles. The van der Waals surface area contributed by atoms with Gasteiger partial charge in [-0.15, -0.1) is 0 Å². The van der Waals surface area contributed by atoms with Gasteiger partial charge < -0.3 is 10.0 Å². The van der Waals surface area contributed by atoms with Crippen LogP contribution in [0.1, 0.15) is 25.7 Å². The molecule has 4 rings (SSSR count). The molecule has 5 heteroatoms. The molecule has 0 unspecified atom stereocenters. The minimum absolute atomic E-state index is 0.324. The van der Waals surface area contributed by atoms with Crippen molar-refractivity contribution < 1.29 is 5.11 Å². The third kappa shape index (κ3) is 2.60. The van der Waals surface area contributed by atoms with Crippen LogP contribution in [0.2, 0.25) is 0 Å². The van der Waals surface area contributed by atoms with Gasteiger partial charge in [-0.2, -0.15) is 0 Å². The van der Waals surface area contributed by atoms with Crippen molar-refractivity contribution in [2.75, 3.05) is 31.1 Å². The zero-order valence-corrected chi connectivity index (χ0v) is 13.0. The van der Waals surface area contributed by atoms with Gasteiger partial charge in [-0.1, -0.05) is 17.8 Å². The standard InChI is InChI=1S/C16H21N3OS/c20-13-4-5-14-15(10-13)21-16(17-14)19-9-6-12(11-19)18-7-2-1-3-8-18/h4-5,10,12,20H,1-3,6-9,11H2/t12-/m1/s1. The van der Waals surface area contributed by atoms with E-state index < -0.39 is 0 Å². The zero-order valence-electron chi connectivity index (χ0n) is 12.2. The molecule has 2 saturated heterocycles. The molecule has 0 bridgehead atoms. The van der Waals surface area contributed by atoms with Gasteiger partial charge in [0.1, 0.15) is 5.75 Å². The van der Waals surface area contributed by atoms with Crippen molar-refractivity contribution in [1.82, 2.24) is 9.88 Å². The van der Waals surface area contributed by atoms with Crippen LogP contribution in [0.15, 0.2) is 18.2 Å². The van der Waals surface area contributed by atoms with Gasteiger partial charge in [0.25, 0.3) is 0 Å². The SMILES string of the molecule is Oc1ccc2nc(N3CC[C@@H](N4CCCCC4)C3)sc2c1. The predicted octanol–water partition coefficient (Wildman–Crippen LogP) is 3.07. The Morgan fingerprint density at radius 1 is 1.14 bits per heavy atom. The Morgan fingerprint density at radius 2 is 2.00 bits per heavy atom. The maximum absolute atomic E-state index is 9.58. The summed E-state index contributed by atoms with van der Waals surface area (Å²) in [6.07, 6.45) is 5.36. The maximum atomic E-state index is 9.58. The average Bonchev–Trinajstić information content (AvgIpc) is 3.14. The molecular weight excluding hydrogens is 282 g/mol. The van der Waals surface area contributed by atoms with Crippen molar-refractivity contribution in [2.24, 2.45) is 0 Å². The third-order valence-electron chi connectivity index (χ3n) is 4.70. The lowest BCUT2D eigenvalue weighted by Gasteiger charge is -2.32. The molecule has 2 aromatic rings. The predicted molar refractivity (Wildman–Crippen MR) is 87.3 cm³/mol. The van der Waals surface area contributed by atoms with Gasteiger partial charge in [0.2, 0.25) is 0 Å². The van der Waals surface area contributed by atoms with E-state index in [0.29, 0.717) is 11.8 Å².